The minimum Gasteiger partial charge on any atom is -0.508 e. The molecule has 0 atom stereocenters. The minimum atomic E-state index is -0.619. The van der Waals surface area contributed by atoms with Crippen molar-refractivity contribution < 1.29 is 24.2 Å². The first kappa shape index (κ1) is 14.6. The third kappa shape index (κ3) is 3.60. The molecular weight excluding hydrogens is 272 g/mol. The maximum absolute atomic E-state index is 12.0. The van der Waals surface area contributed by atoms with E-state index in [2.05, 4.69) is 0 Å². The van der Waals surface area contributed by atoms with Crippen molar-refractivity contribution in [3.8, 4) is 11.5 Å². The number of phenolic OH excluding ortho intramolecular Hbond substituents is 1. The second-order valence-electron chi connectivity index (χ2n) is 4.16. The molecule has 5 heteroatoms. The van der Waals surface area contributed by atoms with Crippen molar-refractivity contribution in [3.63, 3.8) is 0 Å². The zero-order chi connectivity index (χ0) is 15.2. The Labute approximate surface area is 121 Å². The highest BCUT2D eigenvalue weighted by Crippen LogP contribution is 2.25. The summed E-state index contributed by atoms with van der Waals surface area (Å²) in [6.45, 7) is 1.87. The van der Waals surface area contributed by atoms with Gasteiger partial charge in [-0.1, -0.05) is 18.2 Å². The van der Waals surface area contributed by atoms with E-state index in [0.29, 0.717) is 5.56 Å². The highest BCUT2D eigenvalue weighted by atomic mass is 16.5. The average molecular weight is 286 g/mol. The molecule has 0 heterocycles. The number of rotatable bonds is 4. The number of esters is 2. The summed E-state index contributed by atoms with van der Waals surface area (Å²) in [5.41, 5.74) is 0.426. The van der Waals surface area contributed by atoms with Crippen LogP contribution in [0.25, 0.3) is 0 Å². The molecule has 0 spiro atoms. The lowest BCUT2D eigenvalue weighted by Crippen LogP contribution is -2.13. The van der Waals surface area contributed by atoms with Crippen molar-refractivity contribution in [2.75, 3.05) is 6.61 Å². The Balaban J connectivity index is 2.28. The predicted molar refractivity (Wildman–Crippen MR) is 75.5 cm³/mol. The summed E-state index contributed by atoms with van der Waals surface area (Å²) in [5.74, 6) is -1.39. The molecule has 0 saturated heterocycles. The van der Waals surface area contributed by atoms with Crippen LogP contribution in [0.5, 0.6) is 11.5 Å². The van der Waals surface area contributed by atoms with Crippen molar-refractivity contribution in [1.29, 1.82) is 0 Å². The van der Waals surface area contributed by atoms with Crippen molar-refractivity contribution in [2.24, 2.45) is 0 Å². The molecule has 0 saturated carbocycles. The van der Waals surface area contributed by atoms with Crippen LogP contribution in [0.15, 0.2) is 48.5 Å². The summed E-state index contributed by atoms with van der Waals surface area (Å²) in [7, 11) is 0. The summed E-state index contributed by atoms with van der Waals surface area (Å²) in [5, 5.41) is 9.49. The molecule has 0 aliphatic rings. The zero-order valence-electron chi connectivity index (χ0n) is 11.4. The molecule has 0 fully saturated rings. The molecule has 0 aromatic heterocycles. The SMILES string of the molecule is CCOC(=O)c1ccc(O)cc1OC(=O)c1ccccc1. The van der Waals surface area contributed by atoms with Crippen LogP contribution in [0.3, 0.4) is 0 Å². The van der Waals surface area contributed by atoms with Crippen LogP contribution >= 0.6 is 0 Å². The Bertz CT molecular complexity index is 649. The maximum atomic E-state index is 12.0. The maximum Gasteiger partial charge on any atom is 0.343 e. The van der Waals surface area contributed by atoms with Crippen LogP contribution in [0.2, 0.25) is 0 Å². The molecule has 2 aromatic rings. The van der Waals surface area contributed by atoms with Gasteiger partial charge in [0.05, 0.1) is 12.2 Å². The van der Waals surface area contributed by atoms with Crippen LogP contribution in [0.1, 0.15) is 27.6 Å². The zero-order valence-corrected chi connectivity index (χ0v) is 11.4. The summed E-state index contributed by atoms with van der Waals surface area (Å²) in [4.78, 5) is 23.8. The van der Waals surface area contributed by atoms with Gasteiger partial charge in [-0.25, -0.2) is 9.59 Å². The predicted octanol–water partition coefficient (Wildman–Crippen LogP) is 2.79. The Hall–Kier alpha value is -2.82. The fourth-order valence-electron chi connectivity index (χ4n) is 1.71. The van der Waals surface area contributed by atoms with Gasteiger partial charge in [-0.2, -0.15) is 0 Å². The fraction of sp³-hybridized carbons (Fsp3) is 0.125. The molecule has 0 aliphatic heterocycles. The van der Waals surface area contributed by atoms with E-state index in [1.165, 1.54) is 18.2 Å². The first-order valence-electron chi connectivity index (χ1n) is 6.39. The molecule has 0 aliphatic carbocycles. The highest BCUT2D eigenvalue weighted by Gasteiger charge is 2.18. The van der Waals surface area contributed by atoms with Gasteiger partial charge >= 0.3 is 11.9 Å². The van der Waals surface area contributed by atoms with Crippen LogP contribution in [-0.2, 0) is 4.74 Å². The van der Waals surface area contributed by atoms with Crippen molar-refractivity contribution >= 4 is 11.9 Å². The number of benzene rings is 2. The third-order valence-corrected chi connectivity index (χ3v) is 2.67. The summed E-state index contributed by atoms with van der Waals surface area (Å²) in [6, 6.07) is 12.2. The molecule has 2 aromatic carbocycles. The second-order valence-corrected chi connectivity index (χ2v) is 4.16. The van der Waals surface area contributed by atoms with Gasteiger partial charge in [-0.3, -0.25) is 0 Å². The lowest BCUT2D eigenvalue weighted by Gasteiger charge is -2.10. The van der Waals surface area contributed by atoms with Gasteiger partial charge in [0.2, 0.25) is 0 Å². The number of hydrogen-bond donors (Lipinski definition) is 1. The van der Waals surface area contributed by atoms with Crippen LogP contribution < -0.4 is 4.74 Å². The minimum absolute atomic E-state index is 0.0395. The number of carbonyl (C=O) groups excluding carboxylic acids is 2. The molecule has 5 nitrogen and oxygen atoms in total. The number of aromatic hydroxyl groups is 1. The Morgan fingerprint density at radius 3 is 2.43 bits per heavy atom. The molecule has 2 rings (SSSR count). The van der Waals surface area contributed by atoms with Crippen LogP contribution in [0.4, 0.5) is 0 Å². The van der Waals surface area contributed by atoms with E-state index in [1.807, 2.05) is 0 Å². The topological polar surface area (TPSA) is 72.8 Å². The Morgan fingerprint density at radius 2 is 1.76 bits per heavy atom. The monoisotopic (exact) mass is 286 g/mol. The lowest BCUT2D eigenvalue weighted by molar-refractivity contribution is 0.0520. The molecule has 0 unspecified atom stereocenters. The second kappa shape index (κ2) is 6.56. The number of hydrogen-bond acceptors (Lipinski definition) is 5. The number of carbonyl (C=O) groups is 2. The van der Waals surface area contributed by atoms with Gasteiger partial charge in [0.25, 0.3) is 0 Å². The van der Waals surface area contributed by atoms with E-state index in [0.717, 1.165) is 0 Å². The smallest absolute Gasteiger partial charge is 0.343 e. The van der Waals surface area contributed by atoms with Gasteiger partial charge in [-0.15, -0.1) is 0 Å². The molecular formula is C16H14O5. The van der Waals surface area contributed by atoms with Gasteiger partial charge in [0.1, 0.15) is 17.1 Å². The molecule has 0 bridgehead atoms. The number of phenols is 1. The Kier molecular flexibility index (Phi) is 4.56. The first-order valence-corrected chi connectivity index (χ1v) is 6.39. The van der Waals surface area contributed by atoms with E-state index in [1.54, 1.807) is 37.3 Å². The van der Waals surface area contributed by atoms with Gasteiger partial charge < -0.3 is 14.6 Å². The van der Waals surface area contributed by atoms with E-state index >= 15 is 0 Å². The summed E-state index contributed by atoms with van der Waals surface area (Å²) < 4.78 is 10.1. The standard InChI is InChI=1S/C16H14O5/c1-2-20-16(19)13-9-8-12(17)10-14(13)21-15(18)11-6-4-3-5-7-11/h3-10,17H,2H2,1H3. The average Bonchev–Trinajstić information content (AvgIpc) is 2.48. The highest BCUT2D eigenvalue weighted by molar-refractivity contribution is 5.96. The van der Waals surface area contributed by atoms with Crippen LogP contribution in [0, 0.1) is 0 Å². The molecule has 21 heavy (non-hydrogen) atoms. The Morgan fingerprint density at radius 1 is 1.05 bits per heavy atom. The first-order chi connectivity index (χ1) is 10.1. The molecule has 108 valence electrons. The fourth-order valence-corrected chi connectivity index (χ4v) is 1.71. The van der Waals surface area contributed by atoms with Crippen molar-refractivity contribution in [3.05, 3.63) is 59.7 Å². The number of ether oxygens (including phenoxy) is 2. The molecule has 1 N–H and O–H groups in total. The van der Waals surface area contributed by atoms with Gasteiger partial charge in [-0.05, 0) is 31.2 Å². The largest absolute Gasteiger partial charge is 0.508 e. The lowest BCUT2D eigenvalue weighted by atomic mass is 10.2. The third-order valence-electron chi connectivity index (χ3n) is 2.67. The van der Waals surface area contributed by atoms with E-state index < -0.39 is 11.9 Å². The normalized spacial score (nSPS) is 9.95. The van der Waals surface area contributed by atoms with Gasteiger partial charge in [0, 0.05) is 6.07 Å². The summed E-state index contributed by atoms with van der Waals surface area (Å²) in [6.07, 6.45) is 0. The van der Waals surface area contributed by atoms with E-state index in [9.17, 15) is 14.7 Å². The molecule has 0 radical (unpaired) electrons. The van der Waals surface area contributed by atoms with E-state index in [4.69, 9.17) is 9.47 Å². The van der Waals surface area contributed by atoms with Crippen molar-refractivity contribution in [2.45, 2.75) is 6.92 Å². The molecule has 0 amide bonds. The summed E-state index contributed by atoms with van der Waals surface area (Å²) >= 11 is 0. The van der Waals surface area contributed by atoms with Crippen LogP contribution in [-0.4, -0.2) is 23.7 Å². The van der Waals surface area contributed by atoms with Gasteiger partial charge in [0.15, 0.2) is 0 Å². The van der Waals surface area contributed by atoms with Crippen molar-refractivity contribution in [1.82, 2.24) is 0 Å². The van der Waals surface area contributed by atoms with E-state index in [-0.39, 0.29) is 23.7 Å². The quantitative estimate of drug-likeness (QED) is 0.691.